The van der Waals surface area contributed by atoms with E-state index in [1.807, 2.05) is 0 Å². The van der Waals surface area contributed by atoms with Crippen molar-refractivity contribution in [3.63, 3.8) is 0 Å². The molecule has 0 heterocycles. The standard InChI is InChI=1S/C13H19NO5/c1-18-12-7-9(2-3-11(12)16)6-10(8-14)13(17)19-5-4-15/h6,9,11-12,15-16H,2-5,7H2,1H3/b10-6+. The Kier molecular flexibility index (Phi) is 6.50. The average Bonchev–Trinajstić information content (AvgIpc) is 2.43. The number of methoxy groups -OCH3 is 1. The lowest BCUT2D eigenvalue weighted by Gasteiger charge is -2.30. The number of carbonyl (C=O) groups excluding carboxylic acids is 1. The van der Waals surface area contributed by atoms with Gasteiger partial charge >= 0.3 is 5.97 Å². The molecule has 3 atom stereocenters. The van der Waals surface area contributed by atoms with Crippen molar-refractivity contribution in [3.8, 4) is 6.07 Å². The van der Waals surface area contributed by atoms with Gasteiger partial charge in [0.1, 0.15) is 18.2 Å². The lowest BCUT2D eigenvalue weighted by Crippen LogP contribution is -2.34. The maximum Gasteiger partial charge on any atom is 0.348 e. The lowest BCUT2D eigenvalue weighted by molar-refractivity contribution is -0.139. The van der Waals surface area contributed by atoms with Crippen molar-refractivity contribution in [1.82, 2.24) is 0 Å². The van der Waals surface area contributed by atoms with Gasteiger partial charge in [0.25, 0.3) is 0 Å². The van der Waals surface area contributed by atoms with Gasteiger partial charge in [0.15, 0.2) is 0 Å². The fraction of sp³-hybridized carbons (Fsp3) is 0.692. The van der Waals surface area contributed by atoms with Crippen molar-refractivity contribution in [3.05, 3.63) is 11.6 Å². The predicted molar refractivity (Wildman–Crippen MR) is 65.9 cm³/mol. The third-order valence-corrected chi connectivity index (χ3v) is 3.17. The molecule has 1 aliphatic rings. The zero-order valence-corrected chi connectivity index (χ0v) is 10.9. The Labute approximate surface area is 112 Å². The number of nitriles is 1. The van der Waals surface area contributed by atoms with E-state index in [-0.39, 0.29) is 30.8 Å². The van der Waals surface area contributed by atoms with Crippen LogP contribution in [0.3, 0.4) is 0 Å². The van der Waals surface area contributed by atoms with Crippen LogP contribution < -0.4 is 0 Å². The van der Waals surface area contributed by atoms with Crippen molar-refractivity contribution >= 4 is 5.97 Å². The molecule has 0 aromatic heterocycles. The number of hydrogen-bond donors (Lipinski definition) is 2. The fourth-order valence-corrected chi connectivity index (χ4v) is 2.15. The largest absolute Gasteiger partial charge is 0.459 e. The summed E-state index contributed by atoms with van der Waals surface area (Å²) in [4.78, 5) is 11.5. The number of allylic oxidation sites excluding steroid dienone is 1. The summed E-state index contributed by atoms with van der Waals surface area (Å²) in [7, 11) is 1.53. The molecule has 1 saturated carbocycles. The summed E-state index contributed by atoms with van der Waals surface area (Å²) in [5, 5.41) is 27.2. The van der Waals surface area contributed by atoms with Crippen LogP contribution in [0.2, 0.25) is 0 Å². The number of esters is 1. The van der Waals surface area contributed by atoms with Gasteiger partial charge in [-0.1, -0.05) is 6.08 Å². The van der Waals surface area contributed by atoms with Gasteiger partial charge in [0.05, 0.1) is 18.8 Å². The molecule has 0 aromatic carbocycles. The highest BCUT2D eigenvalue weighted by atomic mass is 16.5. The van der Waals surface area contributed by atoms with Gasteiger partial charge < -0.3 is 19.7 Å². The monoisotopic (exact) mass is 269 g/mol. The summed E-state index contributed by atoms with van der Waals surface area (Å²) in [5.41, 5.74) is -0.0651. The van der Waals surface area contributed by atoms with Crippen molar-refractivity contribution in [2.75, 3.05) is 20.3 Å². The smallest absolute Gasteiger partial charge is 0.348 e. The molecule has 106 valence electrons. The predicted octanol–water partition coefficient (Wildman–Crippen LogP) is 0.148. The molecule has 6 heteroatoms. The molecule has 1 aliphatic carbocycles. The quantitative estimate of drug-likeness (QED) is 0.418. The summed E-state index contributed by atoms with van der Waals surface area (Å²) >= 11 is 0. The summed E-state index contributed by atoms with van der Waals surface area (Å²) in [6.07, 6.45) is 2.63. The van der Waals surface area contributed by atoms with Gasteiger partial charge in [0.2, 0.25) is 0 Å². The second kappa shape index (κ2) is 7.89. The summed E-state index contributed by atoms with van der Waals surface area (Å²) in [5.74, 6) is -0.721. The van der Waals surface area contributed by atoms with Crippen LogP contribution in [0.1, 0.15) is 19.3 Å². The Morgan fingerprint density at radius 1 is 1.53 bits per heavy atom. The highest BCUT2D eigenvalue weighted by Crippen LogP contribution is 2.28. The molecule has 6 nitrogen and oxygen atoms in total. The van der Waals surface area contributed by atoms with E-state index in [1.54, 1.807) is 12.1 Å². The number of rotatable bonds is 5. The average molecular weight is 269 g/mol. The first-order valence-electron chi connectivity index (χ1n) is 6.23. The van der Waals surface area contributed by atoms with Crippen LogP contribution in [0.5, 0.6) is 0 Å². The molecule has 19 heavy (non-hydrogen) atoms. The zero-order valence-electron chi connectivity index (χ0n) is 10.9. The molecular weight excluding hydrogens is 250 g/mol. The van der Waals surface area contributed by atoms with E-state index in [0.29, 0.717) is 19.3 Å². The minimum Gasteiger partial charge on any atom is -0.459 e. The summed E-state index contributed by atoms with van der Waals surface area (Å²) < 4.78 is 9.86. The lowest BCUT2D eigenvalue weighted by atomic mass is 9.84. The van der Waals surface area contributed by atoms with Gasteiger partial charge in [-0.25, -0.2) is 4.79 Å². The van der Waals surface area contributed by atoms with Crippen LogP contribution in [-0.2, 0) is 14.3 Å². The van der Waals surface area contributed by atoms with Gasteiger partial charge in [-0.05, 0) is 25.2 Å². The molecule has 0 aliphatic heterocycles. The molecule has 2 N–H and O–H groups in total. The van der Waals surface area contributed by atoms with Crippen molar-refractivity contribution < 1.29 is 24.5 Å². The molecule has 0 aromatic rings. The van der Waals surface area contributed by atoms with E-state index in [4.69, 9.17) is 19.8 Å². The molecule has 0 saturated heterocycles. The van der Waals surface area contributed by atoms with Crippen molar-refractivity contribution in [2.45, 2.75) is 31.5 Å². The van der Waals surface area contributed by atoms with Crippen LogP contribution in [0, 0.1) is 17.2 Å². The van der Waals surface area contributed by atoms with Crippen LogP contribution in [0.15, 0.2) is 11.6 Å². The van der Waals surface area contributed by atoms with E-state index in [1.165, 1.54) is 7.11 Å². The molecule has 0 amide bonds. The number of aliphatic hydroxyl groups excluding tert-OH is 2. The molecular formula is C13H19NO5. The van der Waals surface area contributed by atoms with E-state index in [9.17, 15) is 9.90 Å². The van der Waals surface area contributed by atoms with Gasteiger partial charge in [-0.15, -0.1) is 0 Å². The SMILES string of the molecule is COC1CC(/C=C(\C#N)C(=O)OCCO)CCC1O. The zero-order chi connectivity index (χ0) is 14.3. The third kappa shape index (κ3) is 4.63. The van der Waals surface area contributed by atoms with Crippen LogP contribution in [-0.4, -0.2) is 48.7 Å². The van der Waals surface area contributed by atoms with E-state index in [2.05, 4.69) is 0 Å². The first kappa shape index (κ1) is 15.6. The van der Waals surface area contributed by atoms with Crippen LogP contribution >= 0.6 is 0 Å². The highest BCUT2D eigenvalue weighted by molar-refractivity contribution is 5.92. The molecule has 0 spiro atoms. The Balaban J connectivity index is 2.65. The maximum absolute atomic E-state index is 11.5. The van der Waals surface area contributed by atoms with Crippen molar-refractivity contribution in [2.24, 2.45) is 5.92 Å². The second-order valence-electron chi connectivity index (χ2n) is 4.47. The molecule has 1 fully saturated rings. The minimum absolute atomic E-state index is 0.00433. The van der Waals surface area contributed by atoms with Gasteiger partial charge in [-0.2, -0.15) is 5.26 Å². The molecule has 0 bridgehead atoms. The minimum atomic E-state index is -0.725. The highest BCUT2D eigenvalue weighted by Gasteiger charge is 2.29. The van der Waals surface area contributed by atoms with Crippen molar-refractivity contribution in [1.29, 1.82) is 5.26 Å². The van der Waals surface area contributed by atoms with E-state index >= 15 is 0 Å². The van der Waals surface area contributed by atoms with Gasteiger partial charge in [0, 0.05) is 7.11 Å². The first-order valence-corrected chi connectivity index (χ1v) is 6.23. The third-order valence-electron chi connectivity index (χ3n) is 3.17. The first-order chi connectivity index (χ1) is 9.12. The normalized spacial score (nSPS) is 27.7. The number of ether oxygens (including phenoxy) is 2. The molecule has 0 radical (unpaired) electrons. The van der Waals surface area contributed by atoms with Crippen LogP contribution in [0.4, 0.5) is 0 Å². The molecule has 3 unspecified atom stereocenters. The summed E-state index contributed by atoms with van der Waals surface area (Å²) in [6.45, 7) is -0.395. The Morgan fingerprint density at radius 2 is 2.26 bits per heavy atom. The van der Waals surface area contributed by atoms with E-state index < -0.39 is 12.1 Å². The summed E-state index contributed by atoms with van der Waals surface area (Å²) in [6, 6.07) is 1.80. The fourth-order valence-electron chi connectivity index (χ4n) is 2.15. The number of hydrogen-bond acceptors (Lipinski definition) is 6. The Morgan fingerprint density at radius 3 is 2.84 bits per heavy atom. The van der Waals surface area contributed by atoms with E-state index in [0.717, 1.165) is 0 Å². The topological polar surface area (TPSA) is 99.8 Å². The number of carbonyl (C=O) groups is 1. The van der Waals surface area contributed by atoms with Crippen LogP contribution in [0.25, 0.3) is 0 Å². The number of nitrogens with zero attached hydrogens (tertiary/aromatic N) is 1. The molecule has 1 rings (SSSR count). The Bertz CT molecular complexity index is 374. The second-order valence-corrected chi connectivity index (χ2v) is 4.47. The van der Waals surface area contributed by atoms with Gasteiger partial charge in [-0.3, -0.25) is 0 Å². The Hall–Kier alpha value is -1.42. The number of aliphatic hydroxyl groups is 2. The maximum atomic E-state index is 11.5.